The number of aliphatic imine (C=N–C) groups is 1. The molecule has 0 saturated carbocycles. The fraction of sp³-hybridized carbons (Fsp3) is 0.364. The minimum absolute atomic E-state index is 0.0601. The molecule has 0 unspecified atom stereocenters. The third kappa shape index (κ3) is 1.44. The summed E-state index contributed by atoms with van der Waals surface area (Å²) in [5.41, 5.74) is 1.26. The number of hydrogen-bond acceptors (Lipinski definition) is 2. The Labute approximate surface area is 78.9 Å². The van der Waals surface area contributed by atoms with Gasteiger partial charge in [0.1, 0.15) is 11.4 Å². The molecule has 0 aliphatic carbocycles. The number of hydrogen-bond donors (Lipinski definition) is 0. The van der Waals surface area contributed by atoms with Crippen molar-refractivity contribution in [1.82, 2.24) is 0 Å². The molecule has 0 atom stereocenters. The Balaban J connectivity index is 2.16. The molecule has 13 heavy (non-hydrogen) atoms. The normalized spacial score (nSPS) is 17.9. The lowest BCUT2D eigenvalue weighted by molar-refractivity contribution is 0.819. The van der Waals surface area contributed by atoms with Crippen LogP contribution in [0.25, 0.3) is 0 Å². The second-order valence-electron chi connectivity index (χ2n) is 3.89. The summed E-state index contributed by atoms with van der Waals surface area (Å²) in [5, 5.41) is 0. The summed E-state index contributed by atoms with van der Waals surface area (Å²) in [7, 11) is 2.06. The van der Waals surface area contributed by atoms with Crippen molar-refractivity contribution in [3.8, 4) is 0 Å². The van der Waals surface area contributed by atoms with E-state index in [1.165, 1.54) is 11.5 Å². The number of likely N-dealkylation sites (N-methyl/N-ethyl adjacent to an activating group) is 1. The van der Waals surface area contributed by atoms with E-state index in [4.69, 9.17) is 0 Å². The van der Waals surface area contributed by atoms with E-state index in [1.807, 2.05) is 18.2 Å². The highest BCUT2D eigenvalue weighted by molar-refractivity contribution is 6.12. The van der Waals surface area contributed by atoms with E-state index in [2.05, 4.69) is 42.9 Å². The van der Waals surface area contributed by atoms with Crippen LogP contribution in [0.3, 0.4) is 0 Å². The Hall–Kier alpha value is -1.31. The van der Waals surface area contributed by atoms with E-state index in [1.54, 1.807) is 0 Å². The first-order valence-corrected chi connectivity index (χ1v) is 4.50. The molecule has 1 aliphatic rings. The zero-order valence-electron chi connectivity index (χ0n) is 8.28. The summed E-state index contributed by atoms with van der Waals surface area (Å²) in [6.45, 7) is 4.25. The van der Waals surface area contributed by atoms with Crippen LogP contribution in [0.5, 0.6) is 0 Å². The highest BCUT2D eigenvalue weighted by atomic mass is 15.3. The monoisotopic (exact) mass is 174 g/mol. The molecule has 2 nitrogen and oxygen atoms in total. The quantitative estimate of drug-likeness (QED) is 0.638. The molecular formula is C11H14N2. The van der Waals surface area contributed by atoms with Crippen molar-refractivity contribution in [2.24, 2.45) is 4.99 Å². The molecule has 1 heterocycles. The lowest BCUT2D eigenvalue weighted by Gasteiger charge is -2.16. The molecule has 1 aromatic rings. The molecule has 2 rings (SSSR count). The van der Waals surface area contributed by atoms with Crippen LogP contribution < -0.4 is 4.90 Å². The van der Waals surface area contributed by atoms with E-state index >= 15 is 0 Å². The second kappa shape index (κ2) is 2.59. The van der Waals surface area contributed by atoms with Crippen LogP contribution in [0.4, 0.5) is 5.69 Å². The van der Waals surface area contributed by atoms with Gasteiger partial charge in [0, 0.05) is 12.7 Å². The molecule has 1 aliphatic heterocycles. The Morgan fingerprint density at radius 1 is 1.15 bits per heavy atom. The molecule has 0 saturated heterocycles. The molecule has 1 aromatic carbocycles. The average Bonchev–Trinajstić information content (AvgIpc) is 2.76. The third-order valence-corrected chi connectivity index (χ3v) is 2.34. The van der Waals surface area contributed by atoms with Crippen LogP contribution in [0.1, 0.15) is 13.8 Å². The average molecular weight is 174 g/mol. The lowest BCUT2D eigenvalue weighted by Crippen LogP contribution is -2.26. The van der Waals surface area contributed by atoms with Crippen molar-refractivity contribution in [2.75, 3.05) is 11.9 Å². The molecule has 0 aromatic heterocycles. The maximum atomic E-state index is 4.41. The van der Waals surface area contributed by atoms with Gasteiger partial charge < -0.3 is 4.90 Å². The molecular weight excluding hydrogens is 160 g/mol. The minimum Gasteiger partial charge on any atom is -0.331 e. The molecule has 0 amide bonds. The van der Waals surface area contributed by atoms with Crippen LogP contribution in [-0.4, -0.2) is 18.4 Å². The van der Waals surface area contributed by atoms with Gasteiger partial charge in [0.25, 0.3) is 0 Å². The highest BCUT2D eigenvalue weighted by Crippen LogP contribution is 2.30. The number of benzene rings is 1. The van der Waals surface area contributed by atoms with E-state index in [0.29, 0.717) is 0 Å². The smallest absolute Gasteiger partial charge is 0.132 e. The summed E-state index contributed by atoms with van der Waals surface area (Å²) in [6.07, 6.45) is 0. The van der Waals surface area contributed by atoms with Crippen LogP contribution in [0, 0.1) is 0 Å². The van der Waals surface area contributed by atoms with E-state index < -0.39 is 0 Å². The molecule has 0 spiro atoms. The molecule has 0 bridgehead atoms. The van der Waals surface area contributed by atoms with Crippen molar-refractivity contribution >= 4 is 11.5 Å². The Bertz CT molecular complexity index is 338. The summed E-state index contributed by atoms with van der Waals surface area (Å²) in [5.74, 6) is 1.17. The zero-order chi connectivity index (χ0) is 9.47. The van der Waals surface area contributed by atoms with Gasteiger partial charge in [-0.2, -0.15) is 0 Å². The van der Waals surface area contributed by atoms with Crippen molar-refractivity contribution < 1.29 is 0 Å². The van der Waals surface area contributed by atoms with Crippen molar-refractivity contribution in [3.05, 3.63) is 30.3 Å². The van der Waals surface area contributed by atoms with Gasteiger partial charge in [-0.05, 0) is 26.0 Å². The zero-order valence-corrected chi connectivity index (χ0v) is 8.28. The van der Waals surface area contributed by atoms with Gasteiger partial charge in [-0.25, -0.2) is 0 Å². The Morgan fingerprint density at radius 3 is 2.15 bits per heavy atom. The highest BCUT2D eigenvalue weighted by Gasteiger charge is 2.40. The van der Waals surface area contributed by atoms with E-state index in [-0.39, 0.29) is 5.54 Å². The third-order valence-electron chi connectivity index (χ3n) is 2.34. The van der Waals surface area contributed by atoms with Crippen molar-refractivity contribution in [3.63, 3.8) is 0 Å². The summed E-state index contributed by atoms with van der Waals surface area (Å²) in [6, 6.07) is 10.3. The van der Waals surface area contributed by atoms with Crippen LogP contribution >= 0.6 is 0 Å². The fourth-order valence-electron chi connectivity index (χ4n) is 1.50. The van der Waals surface area contributed by atoms with Crippen LogP contribution in [0.2, 0.25) is 0 Å². The molecule has 0 fully saturated rings. The van der Waals surface area contributed by atoms with Gasteiger partial charge in [-0.3, -0.25) is 4.99 Å². The summed E-state index contributed by atoms with van der Waals surface area (Å²) < 4.78 is 0. The van der Waals surface area contributed by atoms with Gasteiger partial charge in [-0.15, -0.1) is 0 Å². The number of amidine groups is 1. The Morgan fingerprint density at radius 2 is 1.69 bits per heavy atom. The van der Waals surface area contributed by atoms with Gasteiger partial charge in [0.2, 0.25) is 0 Å². The summed E-state index contributed by atoms with van der Waals surface area (Å²) in [4.78, 5) is 6.54. The first-order valence-electron chi connectivity index (χ1n) is 4.50. The van der Waals surface area contributed by atoms with Gasteiger partial charge in [-0.1, -0.05) is 18.2 Å². The predicted molar refractivity (Wildman–Crippen MR) is 56.4 cm³/mol. The largest absolute Gasteiger partial charge is 0.331 e. The van der Waals surface area contributed by atoms with Crippen molar-refractivity contribution in [2.45, 2.75) is 19.4 Å². The first-order chi connectivity index (χ1) is 6.11. The topological polar surface area (TPSA) is 15.6 Å². The number of anilines is 1. The SMILES string of the molecule is CN(C1=NC1(C)C)c1ccccc1. The number of rotatable bonds is 1. The minimum atomic E-state index is 0.0601. The van der Waals surface area contributed by atoms with Crippen LogP contribution in [-0.2, 0) is 0 Å². The van der Waals surface area contributed by atoms with Gasteiger partial charge >= 0.3 is 0 Å². The predicted octanol–water partition coefficient (Wildman–Crippen LogP) is 2.31. The number of nitrogens with zero attached hydrogens (tertiary/aromatic N) is 2. The van der Waals surface area contributed by atoms with E-state index in [9.17, 15) is 0 Å². The molecule has 0 N–H and O–H groups in total. The Kier molecular flexibility index (Phi) is 1.65. The molecule has 0 radical (unpaired) electrons. The first kappa shape index (κ1) is 8.30. The van der Waals surface area contributed by atoms with Gasteiger partial charge in [0.05, 0.1) is 0 Å². The standard InChI is InChI=1S/C11H14N2/c1-11(2)10(12-11)13(3)9-7-5-4-6-8-9/h4-8H,1-3H3. The van der Waals surface area contributed by atoms with Crippen molar-refractivity contribution in [1.29, 1.82) is 0 Å². The fourth-order valence-corrected chi connectivity index (χ4v) is 1.50. The van der Waals surface area contributed by atoms with Crippen LogP contribution in [0.15, 0.2) is 35.3 Å². The molecule has 68 valence electrons. The maximum absolute atomic E-state index is 4.41. The summed E-state index contributed by atoms with van der Waals surface area (Å²) >= 11 is 0. The number of para-hydroxylation sites is 1. The lowest BCUT2D eigenvalue weighted by atomic mass is 10.1. The van der Waals surface area contributed by atoms with Gasteiger partial charge in [0.15, 0.2) is 0 Å². The molecule has 2 heteroatoms. The maximum Gasteiger partial charge on any atom is 0.132 e. The second-order valence-corrected chi connectivity index (χ2v) is 3.89. The van der Waals surface area contributed by atoms with E-state index in [0.717, 1.165) is 0 Å².